The van der Waals surface area contributed by atoms with Crippen molar-refractivity contribution in [2.75, 3.05) is 0 Å². The van der Waals surface area contributed by atoms with Crippen LogP contribution in [0, 0.1) is 11.3 Å². The number of carbonyl (C=O) groups is 2. The van der Waals surface area contributed by atoms with E-state index in [1.165, 1.54) is 13.0 Å². The molecule has 0 bridgehead atoms. The Morgan fingerprint density at radius 2 is 2.10 bits per heavy atom. The molecule has 0 aromatic heterocycles. The van der Waals surface area contributed by atoms with Crippen molar-refractivity contribution in [2.24, 2.45) is 0 Å². The monoisotopic (exact) mass is 311 g/mol. The molecule has 1 rings (SSSR count). The number of rotatable bonds is 5. The van der Waals surface area contributed by atoms with Crippen molar-refractivity contribution < 1.29 is 19.4 Å². The molecule has 1 atom stereocenters. The predicted molar refractivity (Wildman–Crippen MR) is 77.2 cm³/mol. The van der Waals surface area contributed by atoms with E-state index in [1.54, 1.807) is 12.1 Å². The number of hydrogen-bond donors (Lipinski definition) is 3. The molecule has 106 valence electrons. The van der Waals surface area contributed by atoms with E-state index in [1.807, 2.05) is 6.07 Å². The number of carbonyl (C=O) groups excluding carboxylic acids is 1. The van der Waals surface area contributed by atoms with E-state index in [0.717, 1.165) is 0 Å². The first kappa shape index (κ1) is 16.4. The fourth-order valence-electron chi connectivity index (χ4n) is 1.43. The van der Waals surface area contributed by atoms with Crippen molar-refractivity contribution in [1.29, 1.82) is 5.26 Å². The SMILES string of the molecule is CC(C#N)(CCC(=O)O)OC(=O)c1cccc(S)c1S. The van der Waals surface area contributed by atoms with Crippen molar-refractivity contribution in [2.45, 2.75) is 35.2 Å². The van der Waals surface area contributed by atoms with Crippen molar-refractivity contribution in [1.82, 2.24) is 0 Å². The van der Waals surface area contributed by atoms with Crippen LogP contribution in [0.1, 0.15) is 30.1 Å². The number of nitriles is 1. The lowest BCUT2D eigenvalue weighted by molar-refractivity contribution is -0.138. The molecule has 0 amide bonds. The molecule has 0 heterocycles. The number of hydrogen-bond acceptors (Lipinski definition) is 6. The van der Waals surface area contributed by atoms with Gasteiger partial charge in [0.2, 0.25) is 0 Å². The Labute approximate surface area is 127 Å². The summed E-state index contributed by atoms with van der Waals surface area (Å²) in [5.74, 6) is -1.80. The average molecular weight is 311 g/mol. The number of ether oxygens (including phenoxy) is 1. The number of carboxylic acid groups (broad SMARTS) is 1. The fourth-order valence-corrected chi connectivity index (χ4v) is 1.88. The molecule has 0 spiro atoms. The topological polar surface area (TPSA) is 87.4 Å². The van der Waals surface area contributed by atoms with Gasteiger partial charge in [-0.05, 0) is 19.1 Å². The third-order valence-corrected chi connectivity index (χ3v) is 3.64. The molecule has 7 heteroatoms. The maximum atomic E-state index is 12.0. The lowest BCUT2D eigenvalue weighted by Gasteiger charge is -2.21. The minimum atomic E-state index is -1.50. The van der Waals surface area contributed by atoms with Gasteiger partial charge in [0.05, 0.1) is 12.0 Å². The summed E-state index contributed by atoms with van der Waals surface area (Å²) in [6, 6.07) is 6.59. The maximum Gasteiger partial charge on any atom is 0.340 e. The van der Waals surface area contributed by atoms with E-state index in [2.05, 4.69) is 25.3 Å². The van der Waals surface area contributed by atoms with Gasteiger partial charge in [-0.2, -0.15) is 5.26 Å². The number of esters is 1. The highest BCUT2D eigenvalue weighted by atomic mass is 32.1. The Morgan fingerprint density at radius 3 is 2.65 bits per heavy atom. The summed E-state index contributed by atoms with van der Waals surface area (Å²) in [7, 11) is 0. The lowest BCUT2D eigenvalue weighted by Crippen LogP contribution is -2.31. The van der Waals surface area contributed by atoms with Crippen LogP contribution >= 0.6 is 25.3 Å². The molecule has 20 heavy (non-hydrogen) atoms. The first-order chi connectivity index (χ1) is 9.29. The van der Waals surface area contributed by atoms with Crippen LogP contribution in [-0.4, -0.2) is 22.6 Å². The van der Waals surface area contributed by atoms with Crippen LogP contribution < -0.4 is 0 Å². The summed E-state index contributed by atoms with van der Waals surface area (Å²) < 4.78 is 5.11. The Hall–Kier alpha value is -1.65. The third kappa shape index (κ3) is 4.18. The Morgan fingerprint density at radius 1 is 1.45 bits per heavy atom. The molecule has 0 aliphatic heterocycles. The van der Waals surface area contributed by atoms with Gasteiger partial charge >= 0.3 is 11.9 Å². The summed E-state index contributed by atoms with van der Waals surface area (Å²) in [5, 5.41) is 17.7. The van der Waals surface area contributed by atoms with E-state index in [9.17, 15) is 9.59 Å². The molecule has 1 N–H and O–H groups in total. The zero-order valence-electron chi connectivity index (χ0n) is 10.7. The van der Waals surface area contributed by atoms with Gasteiger partial charge < -0.3 is 9.84 Å². The van der Waals surface area contributed by atoms with Crippen molar-refractivity contribution in [3.8, 4) is 6.07 Å². The number of thiol groups is 2. The third-order valence-electron chi connectivity index (χ3n) is 2.61. The van der Waals surface area contributed by atoms with Crippen molar-refractivity contribution >= 4 is 37.2 Å². The minimum absolute atomic E-state index is 0.0902. The molecule has 0 saturated heterocycles. The molecule has 1 aromatic rings. The van der Waals surface area contributed by atoms with Gasteiger partial charge in [-0.15, -0.1) is 25.3 Å². The van der Waals surface area contributed by atoms with E-state index < -0.39 is 17.5 Å². The molecule has 1 unspecified atom stereocenters. The molecule has 0 radical (unpaired) electrons. The standard InChI is InChI=1S/C13H13NO4S2/c1-13(7-14,6-5-10(15)16)18-12(17)8-3-2-4-9(19)11(8)20/h2-4,19-20H,5-6H2,1H3,(H,15,16). The smallest absolute Gasteiger partial charge is 0.340 e. The van der Waals surface area contributed by atoms with Gasteiger partial charge in [0.1, 0.15) is 6.07 Å². The zero-order valence-corrected chi connectivity index (χ0v) is 12.4. The van der Waals surface area contributed by atoms with Crippen LogP contribution in [-0.2, 0) is 9.53 Å². The first-order valence-electron chi connectivity index (χ1n) is 5.66. The molecule has 0 fully saturated rings. The second-order valence-electron chi connectivity index (χ2n) is 4.30. The van der Waals surface area contributed by atoms with Crippen molar-refractivity contribution in [3.63, 3.8) is 0 Å². The molecule has 1 aromatic carbocycles. The van der Waals surface area contributed by atoms with Crippen LogP contribution in [0.3, 0.4) is 0 Å². The van der Waals surface area contributed by atoms with Gasteiger partial charge in [-0.3, -0.25) is 4.79 Å². The molecule has 0 aliphatic rings. The summed E-state index contributed by atoms with van der Waals surface area (Å²) >= 11 is 8.30. The molecule has 0 saturated carbocycles. The molecule has 0 aliphatic carbocycles. The van der Waals surface area contributed by atoms with Crippen LogP contribution in [0.25, 0.3) is 0 Å². The fraction of sp³-hybridized carbons (Fsp3) is 0.308. The second kappa shape index (κ2) is 6.68. The number of benzene rings is 1. The summed E-state index contributed by atoms with van der Waals surface area (Å²) in [6.07, 6.45) is -0.356. The highest BCUT2D eigenvalue weighted by molar-refractivity contribution is 7.83. The van der Waals surface area contributed by atoms with E-state index in [4.69, 9.17) is 15.1 Å². The van der Waals surface area contributed by atoms with Gasteiger partial charge in [-0.25, -0.2) is 4.79 Å². The van der Waals surface area contributed by atoms with E-state index in [0.29, 0.717) is 9.79 Å². The predicted octanol–water partition coefficient (Wildman–Crippen LogP) is 2.57. The molecular weight excluding hydrogens is 298 g/mol. The second-order valence-corrected chi connectivity index (χ2v) is 5.23. The van der Waals surface area contributed by atoms with Crippen LogP contribution in [0.15, 0.2) is 28.0 Å². The normalized spacial score (nSPS) is 13.1. The minimum Gasteiger partial charge on any atom is -0.481 e. The summed E-state index contributed by atoms with van der Waals surface area (Å²) in [4.78, 5) is 23.4. The highest BCUT2D eigenvalue weighted by Gasteiger charge is 2.30. The molecule has 5 nitrogen and oxygen atoms in total. The van der Waals surface area contributed by atoms with Gasteiger partial charge in [0.25, 0.3) is 0 Å². The Kier molecular flexibility index (Phi) is 5.48. The van der Waals surface area contributed by atoms with Gasteiger partial charge in [0.15, 0.2) is 5.60 Å². The average Bonchev–Trinajstić information content (AvgIpc) is 2.39. The Bertz CT molecular complexity index is 582. The van der Waals surface area contributed by atoms with Gasteiger partial charge in [-0.1, -0.05) is 6.07 Å². The maximum absolute atomic E-state index is 12.0. The van der Waals surface area contributed by atoms with Crippen LogP contribution in [0.2, 0.25) is 0 Å². The first-order valence-corrected chi connectivity index (χ1v) is 6.56. The quantitative estimate of drug-likeness (QED) is 0.574. The zero-order chi connectivity index (χ0) is 15.3. The van der Waals surface area contributed by atoms with Crippen LogP contribution in [0.4, 0.5) is 0 Å². The van der Waals surface area contributed by atoms with Crippen LogP contribution in [0.5, 0.6) is 0 Å². The lowest BCUT2D eigenvalue weighted by atomic mass is 10.0. The van der Waals surface area contributed by atoms with Crippen molar-refractivity contribution in [3.05, 3.63) is 23.8 Å². The number of nitrogens with zero attached hydrogens (tertiary/aromatic N) is 1. The largest absolute Gasteiger partial charge is 0.481 e. The summed E-state index contributed by atoms with van der Waals surface area (Å²) in [6.45, 7) is 1.37. The number of carboxylic acids is 1. The summed E-state index contributed by atoms with van der Waals surface area (Å²) in [5.41, 5.74) is -1.32. The molecular formula is C13H13NO4S2. The number of aliphatic carboxylic acids is 1. The van der Waals surface area contributed by atoms with E-state index in [-0.39, 0.29) is 18.4 Å². The van der Waals surface area contributed by atoms with E-state index >= 15 is 0 Å². The Balaban J connectivity index is 2.90. The highest BCUT2D eigenvalue weighted by Crippen LogP contribution is 2.25. The van der Waals surface area contributed by atoms with Gasteiger partial charge in [0, 0.05) is 16.2 Å².